The van der Waals surface area contributed by atoms with Crippen LogP contribution in [-0.2, 0) is 0 Å². The number of methoxy groups -OCH3 is 1. The van der Waals surface area contributed by atoms with Gasteiger partial charge in [0.15, 0.2) is 5.15 Å². The van der Waals surface area contributed by atoms with Gasteiger partial charge in [0.05, 0.1) is 12.1 Å². The maximum Gasteiger partial charge on any atom is 0.267 e. The van der Waals surface area contributed by atoms with Crippen LogP contribution in [-0.4, -0.2) is 17.1 Å². The molecule has 0 aliphatic heterocycles. The first-order chi connectivity index (χ1) is 8.61. The first kappa shape index (κ1) is 12.9. The lowest BCUT2D eigenvalue weighted by molar-refractivity contribution is 0.367. The van der Waals surface area contributed by atoms with Crippen LogP contribution in [0.2, 0.25) is 10.2 Å². The lowest BCUT2D eigenvalue weighted by atomic mass is 10.3. The molecule has 4 nitrogen and oxygen atoms in total. The highest BCUT2D eigenvalue weighted by molar-refractivity contribution is 6.32. The Morgan fingerprint density at radius 2 is 2.00 bits per heavy atom. The van der Waals surface area contributed by atoms with Crippen molar-refractivity contribution < 1.29 is 13.9 Å². The smallest absolute Gasteiger partial charge is 0.267 e. The molecule has 0 saturated heterocycles. The lowest BCUT2D eigenvalue weighted by Gasteiger charge is -2.10. The van der Waals surface area contributed by atoms with Crippen LogP contribution in [0.25, 0.3) is 0 Å². The summed E-state index contributed by atoms with van der Waals surface area (Å²) < 4.78 is 23.3. The average Bonchev–Trinajstić information content (AvgIpc) is 2.33. The minimum Gasteiger partial charge on any atom is -0.489 e. The molecular weight excluding hydrogens is 282 g/mol. The molecule has 0 radical (unpaired) electrons. The third-order valence-electron chi connectivity index (χ3n) is 2.03. The molecule has 0 bridgehead atoms. The summed E-state index contributed by atoms with van der Waals surface area (Å²) in [6.45, 7) is 0. The third kappa shape index (κ3) is 2.63. The average molecular weight is 289 g/mol. The molecule has 0 amide bonds. The third-order valence-corrected chi connectivity index (χ3v) is 2.60. The molecule has 18 heavy (non-hydrogen) atoms. The highest BCUT2D eigenvalue weighted by Crippen LogP contribution is 2.36. The summed E-state index contributed by atoms with van der Waals surface area (Å²) in [4.78, 5) is 7.62. The molecule has 2 rings (SSSR count). The summed E-state index contributed by atoms with van der Waals surface area (Å²) in [6, 6.07) is 3.73. The van der Waals surface area contributed by atoms with Crippen molar-refractivity contribution >= 4 is 23.2 Å². The molecule has 1 aromatic carbocycles. The highest BCUT2D eigenvalue weighted by atomic mass is 35.5. The first-order valence-corrected chi connectivity index (χ1v) is 5.55. The number of rotatable bonds is 3. The molecule has 1 heterocycles. The van der Waals surface area contributed by atoms with E-state index in [1.165, 1.54) is 25.6 Å². The number of nitrogens with zero attached hydrogens (tertiary/aromatic N) is 2. The Balaban J connectivity index is 2.37. The van der Waals surface area contributed by atoms with Gasteiger partial charge in [-0.1, -0.05) is 23.2 Å². The summed E-state index contributed by atoms with van der Waals surface area (Å²) in [5.41, 5.74) is 0. The van der Waals surface area contributed by atoms with Gasteiger partial charge in [0.25, 0.3) is 5.88 Å². The molecule has 2 aromatic rings. The van der Waals surface area contributed by atoms with E-state index in [0.29, 0.717) is 0 Å². The number of hydrogen-bond acceptors (Lipinski definition) is 4. The lowest BCUT2D eigenvalue weighted by Crippen LogP contribution is -1.96. The molecule has 0 atom stereocenters. The Morgan fingerprint density at radius 1 is 1.22 bits per heavy atom. The summed E-state index contributed by atoms with van der Waals surface area (Å²) in [5.74, 6) is 0.0664. The fourth-order valence-corrected chi connectivity index (χ4v) is 1.65. The van der Waals surface area contributed by atoms with E-state index in [2.05, 4.69) is 9.97 Å². The van der Waals surface area contributed by atoms with Crippen molar-refractivity contribution in [1.29, 1.82) is 0 Å². The van der Waals surface area contributed by atoms with Gasteiger partial charge < -0.3 is 9.47 Å². The van der Waals surface area contributed by atoms with Gasteiger partial charge in [-0.05, 0) is 18.2 Å². The van der Waals surface area contributed by atoms with Crippen molar-refractivity contribution in [3.63, 3.8) is 0 Å². The normalized spacial score (nSPS) is 10.2. The van der Waals surface area contributed by atoms with Crippen molar-refractivity contribution in [2.75, 3.05) is 7.11 Å². The van der Waals surface area contributed by atoms with Crippen LogP contribution >= 0.6 is 23.2 Å². The zero-order valence-corrected chi connectivity index (χ0v) is 10.7. The molecule has 0 unspecified atom stereocenters. The van der Waals surface area contributed by atoms with Crippen molar-refractivity contribution in [3.8, 4) is 17.4 Å². The van der Waals surface area contributed by atoms with Gasteiger partial charge in [-0.15, -0.1) is 0 Å². The quantitative estimate of drug-likeness (QED) is 0.808. The van der Waals surface area contributed by atoms with Crippen LogP contribution in [0, 0.1) is 5.82 Å². The maximum atomic E-state index is 12.9. The zero-order valence-electron chi connectivity index (χ0n) is 9.15. The van der Waals surface area contributed by atoms with E-state index in [9.17, 15) is 4.39 Å². The van der Waals surface area contributed by atoms with E-state index in [1.807, 2.05) is 0 Å². The Hall–Kier alpha value is -1.59. The Kier molecular flexibility index (Phi) is 3.84. The van der Waals surface area contributed by atoms with Gasteiger partial charge in [0.2, 0.25) is 5.75 Å². The second-order valence-electron chi connectivity index (χ2n) is 3.18. The van der Waals surface area contributed by atoms with Gasteiger partial charge in [-0.25, -0.2) is 9.37 Å². The number of aromatic nitrogens is 2. The second-order valence-corrected chi connectivity index (χ2v) is 3.94. The largest absolute Gasteiger partial charge is 0.489 e. The predicted octanol–water partition coefficient (Wildman–Crippen LogP) is 3.72. The first-order valence-electron chi connectivity index (χ1n) is 4.79. The zero-order chi connectivity index (χ0) is 13.1. The van der Waals surface area contributed by atoms with Crippen LogP contribution in [0.1, 0.15) is 0 Å². The Morgan fingerprint density at radius 3 is 2.67 bits per heavy atom. The number of benzene rings is 1. The van der Waals surface area contributed by atoms with Gasteiger partial charge in [0, 0.05) is 0 Å². The minimum atomic E-state index is -0.458. The Labute approximate surface area is 112 Å². The molecule has 0 saturated carbocycles. The Bertz CT molecular complexity index is 581. The van der Waals surface area contributed by atoms with Crippen LogP contribution in [0.15, 0.2) is 24.5 Å². The summed E-state index contributed by atoms with van der Waals surface area (Å²) in [5, 5.41) is 0.229. The number of hydrogen-bond donors (Lipinski definition) is 0. The standard InChI is InChI=1S/C11H7Cl2FN2O2/c1-17-9-10(13)15-5-16-11(9)18-8-3-2-6(14)4-7(8)12/h2-5H,1H3. The van der Waals surface area contributed by atoms with Gasteiger partial charge in [0.1, 0.15) is 17.9 Å². The van der Waals surface area contributed by atoms with E-state index >= 15 is 0 Å². The summed E-state index contributed by atoms with van der Waals surface area (Å²) >= 11 is 11.6. The maximum absolute atomic E-state index is 12.9. The van der Waals surface area contributed by atoms with E-state index in [0.717, 1.165) is 6.07 Å². The molecular formula is C11H7Cl2FN2O2. The number of ether oxygens (including phenoxy) is 2. The predicted molar refractivity (Wildman–Crippen MR) is 65.1 cm³/mol. The molecule has 1 aromatic heterocycles. The van der Waals surface area contributed by atoms with Crippen LogP contribution < -0.4 is 9.47 Å². The van der Waals surface area contributed by atoms with E-state index < -0.39 is 5.82 Å². The molecule has 0 fully saturated rings. The molecule has 0 aliphatic rings. The molecule has 7 heteroatoms. The van der Waals surface area contributed by atoms with E-state index in [-0.39, 0.29) is 27.6 Å². The van der Waals surface area contributed by atoms with Crippen LogP contribution in [0.3, 0.4) is 0 Å². The fourth-order valence-electron chi connectivity index (χ4n) is 1.24. The summed E-state index contributed by atoms with van der Waals surface area (Å²) in [7, 11) is 1.41. The fraction of sp³-hybridized carbons (Fsp3) is 0.0909. The number of halogens is 3. The monoisotopic (exact) mass is 288 g/mol. The SMILES string of the molecule is COc1c(Cl)ncnc1Oc1ccc(F)cc1Cl. The van der Waals surface area contributed by atoms with Crippen LogP contribution in [0.5, 0.6) is 17.4 Å². The molecule has 0 N–H and O–H groups in total. The molecule has 0 aliphatic carbocycles. The van der Waals surface area contributed by atoms with E-state index in [1.54, 1.807) is 0 Å². The second kappa shape index (κ2) is 5.37. The van der Waals surface area contributed by atoms with Crippen molar-refractivity contribution in [1.82, 2.24) is 9.97 Å². The van der Waals surface area contributed by atoms with Gasteiger partial charge in [-0.2, -0.15) is 4.98 Å². The molecule has 0 spiro atoms. The minimum absolute atomic E-state index is 0.103. The van der Waals surface area contributed by atoms with Crippen molar-refractivity contribution in [3.05, 3.63) is 40.5 Å². The molecule has 94 valence electrons. The topological polar surface area (TPSA) is 44.2 Å². The van der Waals surface area contributed by atoms with Crippen LogP contribution in [0.4, 0.5) is 4.39 Å². The summed E-state index contributed by atoms with van der Waals surface area (Å²) in [6.07, 6.45) is 1.22. The van der Waals surface area contributed by atoms with Crippen molar-refractivity contribution in [2.45, 2.75) is 0 Å². The highest BCUT2D eigenvalue weighted by Gasteiger charge is 2.14. The van der Waals surface area contributed by atoms with Gasteiger partial charge in [-0.3, -0.25) is 0 Å². The van der Waals surface area contributed by atoms with Crippen molar-refractivity contribution in [2.24, 2.45) is 0 Å². The van der Waals surface area contributed by atoms with E-state index in [4.69, 9.17) is 32.7 Å². The van der Waals surface area contributed by atoms with Gasteiger partial charge >= 0.3 is 0 Å².